The number of aliphatic hydroxyl groups excluding tert-OH is 1. The van der Waals surface area contributed by atoms with Crippen molar-refractivity contribution in [3.63, 3.8) is 0 Å². The van der Waals surface area contributed by atoms with E-state index in [1.165, 1.54) is 12.8 Å². The number of fused-ring (bicyclic) bond motifs is 1. The Hall–Kier alpha value is -0.203. The maximum Gasteiger partial charge on any atom is 0.192 e. The number of rotatable bonds is 8. The Morgan fingerprint density at radius 2 is 1.78 bits per heavy atom. The van der Waals surface area contributed by atoms with Crippen LogP contribution in [0.2, 0.25) is 18.1 Å². The molecule has 0 aromatic carbocycles. The summed E-state index contributed by atoms with van der Waals surface area (Å²) in [6, 6.07) is 0. The minimum atomic E-state index is -1.87. The molecule has 3 rings (SSSR count). The van der Waals surface area contributed by atoms with Crippen LogP contribution in [-0.4, -0.2) is 44.6 Å². The third-order valence-electron chi connectivity index (χ3n) is 8.55. The summed E-state index contributed by atoms with van der Waals surface area (Å²) in [5, 5.41) is 10.8. The molecule has 1 aliphatic heterocycles. The third-order valence-corrected chi connectivity index (χ3v) is 13.1. The molecule has 0 unspecified atom stereocenters. The normalized spacial score (nSPS) is 33.2. The van der Waals surface area contributed by atoms with Gasteiger partial charge in [-0.1, -0.05) is 73.0 Å². The summed E-state index contributed by atoms with van der Waals surface area (Å²) in [6.07, 6.45) is 11.6. The maximum absolute atomic E-state index is 10.6. The fraction of sp³-hybridized carbons (Fsp3) is 0.926. The van der Waals surface area contributed by atoms with Gasteiger partial charge in [0.2, 0.25) is 0 Å². The van der Waals surface area contributed by atoms with Gasteiger partial charge in [-0.3, -0.25) is 0 Å². The molecule has 2 saturated carbocycles. The molecule has 4 nitrogen and oxygen atoms in total. The highest BCUT2D eigenvalue weighted by Crippen LogP contribution is 2.57. The van der Waals surface area contributed by atoms with Crippen molar-refractivity contribution >= 4 is 8.32 Å². The zero-order chi connectivity index (χ0) is 23.8. The van der Waals surface area contributed by atoms with E-state index in [-0.39, 0.29) is 22.7 Å². The lowest BCUT2D eigenvalue weighted by atomic mass is 9.89. The Morgan fingerprint density at radius 3 is 2.38 bits per heavy atom. The van der Waals surface area contributed by atoms with Crippen LogP contribution in [-0.2, 0) is 13.9 Å². The van der Waals surface area contributed by atoms with Gasteiger partial charge in [0.1, 0.15) is 0 Å². The van der Waals surface area contributed by atoms with Crippen LogP contribution in [0.1, 0.15) is 86.5 Å². The van der Waals surface area contributed by atoms with Crippen LogP contribution in [0.4, 0.5) is 0 Å². The van der Waals surface area contributed by atoms with E-state index in [4.69, 9.17) is 13.9 Å². The Bertz CT molecular complexity index is 641. The average Bonchev–Trinajstić information content (AvgIpc) is 3.16. The third kappa shape index (κ3) is 6.07. The molecule has 0 amide bonds. The van der Waals surface area contributed by atoms with Gasteiger partial charge in [-0.05, 0) is 42.8 Å². The lowest BCUT2D eigenvalue weighted by Gasteiger charge is -2.43. The first-order valence-corrected chi connectivity index (χ1v) is 16.0. The van der Waals surface area contributed by atoms with Gasteiger partial charge in [0, 0.05) is 24.2 Å². The largest absolute Gasteiger partial charge is 0.413 e. The SMILES string of the molecule is CCCCC[C@H](O)/C=C/[C@H]1[C@H]2CC3(C[C@H]2C[C@H]1O[Si](C)(C)C(C)(C)C)OCC(C)(C)CO3. The molecule has 5 atom stereocenters. The van der Waals surface area contributed by atoms with E-state index in [2.05, 4.69) is 66.8 Å². The second-order valence-corrected chi connectivity index (χ2v) is 17.9. The van der Waals surface area contributed by atoms with E-state index < -0.39 is 14.1 Å². The number of ether oxygens (including phenoxy) is 2. The maximum atomic E-state index is 10.6. The van der Waals surface area contributed by atoms with Crippen LogP contribution in [0.25, 0.3) is 0 Å². The summed E-state index contributed by atoms with van der Waals surface area (Å²) in [4.78, 5) is 0. The van der Waals surface area contributed by atoms with Crippen LogP contribution in [0.15, 0.2) is 12.2 Å². The molecule has 1 heterocycles. The van der Waals surface area contributed by atoms with Gasteiger partial charge < -0.3 is 19.0 Å². The van der Waals surface area contributed by atoms with Gasteiger partial charge in [-0.15, -0.1) is 0 Å². The molecule has 0 aromatic heterocycles. The van der Waals surface area contributed by atoms with Crippen LogP contribution < -0.4 is 0 Å². The highest BCUT2D eigenvalue weighted by Gasteiger charge is 2.58. The molecule has 0 bridgehead atoms. The lowest BCUT2D eigenvalue weighted by Crippen LogP contribution is -2.47. The van der Waals surface area contributed by atoms with Crippen molar-refractivity contribution in [3.8, 4) is 0 Å². The van der Waals surface area contributed by atoms with Gasteiger partial charge in [-0.25, -0.2) is 0 Å². The topological polar surface area (TPSA) is 47.9 Å². The van der Waals surface area contributed by atoms with E-state index in [1.807, 2.05) is 0 Å². The summed E-state index contributed by atoms with van der Waals surface area (Å²) in [5.74, 6) is 0.998. The predicted molar refractivity (Wildman–Crippen MR) is 134 cm³/mol. The summed E-state index contributed by atoms with van der Waals surface area (Å²) >= 11 is 0. The number of unbranched alkanes of at least 4 members (excludes halogenated alkanes) is 2. The van der Waals surface area contributed by atoms with Gasteiger partial charge in [-0.2, -0.15) is 0 Å². The molecule has 1 spiro atoms. The number of aliphatic hydroxyl groups is 1. The summed E-state index contributed by atoms with van der Waals surface area (Å²) in [7, 11) is -1.87. The first kappa shape index (κ1) is 26.4. The van der Waals surface area contributed by atoms with Crippen molar-refractivity contribution in [1.29, 1.82) is 0 Å². The molecule has 0 aromatic rings. The van der Waals surface area contributed by atoms with Crippen molar-refractivity contribution in [2.45, 2.75) is 123 Å². The zero-order valence-corrected chi connectivity index (χ0v) is 23.1. The Kier molecular flexibility index (Phi) is 8.09. The minimum absolute atomic E-state index is 0.0961. The van der Waals surface area contributed by atoms with Crippen molar-refractivity contribution in [2.75, 3.05) is 13.2 Å². The second-order valence-electron chi connectivity index (χ2n) is 13.2. The molecule has 2 aliphatic carbocycles. The smallest absolute Gasteiger partial charge is 0.192 e. The highest BCUT2D eigenvalue weighted by atomic mass is 28.4. The molecule has 32 heavy (non-hydrogen) atoms. The van der Waals surface area contributed by atoms with Gasteiger partial charge in [0.05, 0.1) is 25.4 Å². The highest BCUT2D eigenvalue weighted by molar-refractivity contribution is 6.74. The molecule has 0 radical (unpaired) electrons. The van der Waals surface area contributed by atoms with E-state index in [0.29, 0.717) is 17.8 Å². The molecule has 5 heteroatoms. The standard InChI is InChI=1S/C27H50O4Si/c1-9-10-11-12-21(28)13-14-22-23-17-27(29-18-26(5,6)19-30-27)16-20(23)15-24(22)31-32(7,8)25(2,3)4/h13-14,20-24,28H,9-12,15-19H2,1-8H3/b14-13+/t20-,21+,22+,23+,24-/m1/s1. The molecular weight excluding hydrogens is 416 g/mol. The molecule has 186 valence electrons. The molecule has 3 aliphatic rings. The molecule has 1 N–H and O–H groups in total. The van der Waals surface area contributed by atoms with Crippen LogP contribution in [0.5, 0.6) is 0 Å². The van der Waals surface area contributed by atoms with Gasteiger partial charge in [0.25, 0.3) is 0 Å². The first-order valence-electron chi connectivity index (χ1n) is 13.1. The minimum Gasteiger partial charge on any atom is -0.413 e. The van der Waals surface area contributed by atoms with Crippen molar-refractivity contribution < 1.29 is 19.0 Å². The summed E-state index contributed by atoms with van der Waals surface area (Å²) in [5.41, 5.74) is 0.0961. The van der Waals surface area contributed by atoms with Gasteiger partial charge >= 0.3 is 0 Å². The summed E-state index contributed by atoms with van der Waals surface area (Å²) < 4.78 is 19.7. The Morgan fingerprint density at radius 1 is 1.12 bits per heavy atom. The van der Waals surface area contributed by atoms with Crippen LogP contribution in [0.3, 0.4) is 0 Å². The van der Waals surface area contributed by atoms with Gasteiger partial charge in [0.15, 0.2) is 14.1 Å². The van der Waals surface area contributed by atoms with Crippen LogP contribution >= 0.6 is 0 Å². The number of hydrogen-bond acceptors (Lipinski definition) is 4. The molecular formula is C27H50O4Si. The Labute approximate surface area is 198 Å². The number of hydrogen-bond donors (Lipinski definition) is 1. The zero-order valence-electron chi connectivity index (χ0n) is 22.1. The van der Waals surface area contributed by atoms with Crippen LogP contribution in [0, 0.1) is 23.2 Å². The fourth-order valence-electron chi connectivity index (χ4n) is 5.48. The lowest BCUT2D eigenvalue weighted by molar-refractivity contribution is -0.298. The van der Waals surface area contributed by atoms with Crippen molar-refractivity contribution in [1.82, 2.24) is 0 Å². The quantitative estimate of drug-likeness (QED) is 0.246. The average molecular weight is 467 g/mol. The van der Waals surface area contributed by atoms with E-state index in [0.717, 1.165) is 45.3 Å². The first-order chi connectivity index (χ1) is 14.8. The van der Waals surface area contributed by atoms with E-state index in [1.54, 1.807) is 0 Å². The molecule has 3 fully saturated rings. The fourth-order valence-corrected chi connectivity index (χ4v) is 6.84. The molecule has 1 saturated heterocycles. The predicted octanol–water partition coefficient (Wildman–Crippen LogP) is 6.69. The Balaban J connectivity index is 1.74. The van der Waals surface area contributed by atoms with Crippen molar-refractivity contribution in [3.05, 3.63) is 12.2 Å². The van der Waals surface area contributed by atoms with E-state index >= 15 is 0 Å². The second kappa shape index (κ2) is 9.81. The van der Waals surface area contributed by atoms with E-state index in [9.17, 15) is 5.11 Å². The summed E-state index contributed by atoms with van der Waals surface area (Å²) in [6.45, 7) is 19.8. The van der Waals surface area contributed by atoms with Crippen molar-refractivity contribution in [2.24, 2.45) is 23.2 Å². The monoisotopic (exact) mass is 466 g/mol.